The van der Waals surface area contributed by atoms with E-state index in [0.717, 1.165) is 34.3 Å². The fourth-order valence-electron chi connectivity index (χ4n) is 2.76. The van der Waals surface area contributed by atoms with E-state index in [2.05, 4.69) is 11.9 Å². The molecule has 0 aliphatic rings. The molecule has 3 aromatic rings. The van der Waals surface area contributed by atoms with Crippen LogP contribution in [0.4, 0.5) is 0 Å². The van der Waals surface area contributed by atoms with Gasteiger partial charge in [0, 0.05) is 22.7 Å². The molecule has 0 fully saturated rings. The van der Waals surface area contributed by atoms with Crippen molar-refractivity contribution in [1.29, 1.82) is 0 Å². The molecule has 0 amide bonds. The summed E-state index contributed by atoms with van der Waals surface area (Å²) in [4.78, 5) is 15.4. The molecule has 1 heterocycles. The van der Waals surface area contributed by atoms with Crippen molar-refractivity contribution in [1.82, 2.24) is 4.98 Å². The molecule has 0 atom stereocenters. The van der Waals surface area contributed by atoms with E-state index in [9.17, 15) is 9.90 Å². The van der Waals surface area contributed by atoms with Crippen LogP contribution in [0.1, 0.15) is 18.2 Å². The number of aromatic nitrogens is 1. The van der Waals surface area contributed by atoms with Crippen LogP contribution >= 0.6 is 0 Å². The van der Waals surface area contributed by atoms with Crippen molar-refractivity contribution in [3.05, 3.63) is 63.9 Å². The first-order valence-corrected chi connectivity index (χ1v) is 7.05. The Kier molecular flexibility index (Phi) is 3.26. The first-order chi connectivity index (χ1) is 10.1. The van der Waals surface area contributed by atoms with E-state index in [1.165, 1.54) is 0 Å². The highest BCUT2D eigenvalue weighted by atomic mass is 16.3. The molecule has 0 unspecified atom stereocenters. The minimum absolute atomic E-state index is 0.0277. The first kappa shape index (κ1) is 13.4. The van der Waals surface area contributed by atoms with Gasteiger partial charge in [0.15, 0.2) is 5.43 Å². The van der Waals surface area contributed by atoms with Gasteiger partial charge in [-0.25, -0.2) is 0 Å². The molecule has 106 valence electrons. The topological polar surface area (TPSA) is 53.1 Å². The van der Waals surface area contributed by atoms with E-state index < -0.39 is 0 Å². The van der Waals surface area contributed by atoms with Gasteiger partial charge in [-0.05, 0) is 42.7 Å². The zero-order valence-electron chi connectivity index (χ0n) is 12.1. The van der Waals surface area contributed by atoms with Crippen molar-refractivity contribution < 1.29 is 5.11 Å². The smallest absolute Gasteiger partial charge is 0.189 e. The lowest BCUT2D eigenvalue weighted by molar-refractivity contribution is 0.474. The molecule has 3 heteroatoms. The molecule has 3 nitrogen and oxygen atoms in total. The van der Waals surface area contributed by atoms with Crippen LogP contribution in [0.25, 0.3) is 22.0 Å². The average molecular weight is 279 g/mol. The van der Waals surface area contributed by atoms with Crippen molar-refractivity contribution in [2.24, 2.45) is 0 Å². The molecule has 0 radical (unpaired) electrons. The van der Waals surface area contributed by atoms with Crippen molar-refractivity contribution in [2.45, 2.75) is 20.3 Å². The van der Waals surface area contributed by atoms with Crippen molar-refractivity contribution in [3.8, 4) is 16.9 Å². The maximum absolute atomic E-state index is 12.1. The molecule has 0 spiro atoms. The summed E-state index contributed by atoms with van der Waals surface area (Å²) < 4.78 is 0. The summed E-state index contributed by atoms with van der Waals surface area (Å²) in [5.41, 5.74) is 4.82. The number of nitrogens with one attached hydrogen (secondary N) is 1. The second kappa shape index (κ2) is 5.09. The summed E-state index contributed by atoms with van der Waals surface area (Å²) in [6.45, 7) is 3.94. The number of aromatic amines is 1. The number of benzene rings is 2. The number of hydrogen-bond acceptors (Lipinski definition) is 2. The van der Waals surface area contributed by atoms with Crippen LogP contribution in [-0.4, -0.2) is 10.1 Å². The van der Waals surface area contributed by atoms with Gasteiger partial charge in [-0.15, -0.1) is 0 Å². The van der Waals surface area contributed by atoms with Gasteiger partial charge in [0.1, 0.15) is 5.75 Å². The average Bonchev–Trinajstić information content (AvgIpc) is 2.46. The highest BCUT2D eigenvalue weighted by Gasteiger charge is 2.10. The molecule has 0 saturated heterocycles. The number of para-hydroxylation sites is 1. The Morgan fingerprint density at radius 3 is 2.67 bits per heavy atom. The number of aromatic hydroxyl groups is 1. The van der Waals surface area contributed by atoms with Gasteiger partial charge < -0.3 is 10.1 Å². The molecule has 0 saturated carbocycles. The predicted molar refractivity (Wildman–Crippen MR) is 85.8 cm³/mol. The molecule has 2 aromatic carbocycles. The molecule has 3 rings (SSSR count). The Morgan fingerprint density at radius 2 is 1.90 bits per heavy atom. The van der Waals surface area contributed by atoms with Gasteiger partial charge in [-0.3, -0.25) is 4.79 Å². The minimum Gasteiger partial charge on any atom is -0.508 e. The molecule has 0 aliphatic heterocycles. The van der Waals surface area contributed by atoms with E-state index in [1.807, 2.05) is 31.2 Å². The molecule has 1 aromatic heterocycles. The number of rotatable bonds is 2. The van der Waals surface area contributed by atoms with E-state index in [1.54, 1.807) is 18.2 Å². The van der Waals surface area contributed by atoms with Crippen LogP contribution in [0.2, 0.25) is 0 Å². The Morgan fingerprint density at radius 1 is 1.10 bits per heavy atom. The number of H-pyrrole nitrogens is 1. The number of phenols is 1. The molecule has 0 aliphatic carbocycles. The lowest BCUT2D eigenvalue weighted by Gasteiger charge is -2.12. The zero-order valence-corrected chi connectivity index (χ0v) is 12.1. The second-order valence-electron chi connectivity index (χ2n) is 5.24. The maximum atomic E-state index is 12.1. The minimum atomic E-state index is 0.0277. The largest absolute Gasteiger partial charge is 0.508 e. The summed E-state index contributed by atoms with van der Waals surface area (Å²) in [7, 11) is 0. The molecule has 2 N–H and O–H groups in total. The van der Waals surface area contributed by atoms with Gasteiger partial charge in [0.05, 0.1) is 5.52 Å². The Labute approximate surface area is 122 Å². The maximum Gasteiger partial charge on any atom is 0.189 e. The fraction of sp³-hybridized carbons (Fsp3) is 0.167. The number of pyridine rings is 1. The molecular formula is C18H17NO2. The Hall–Kier alpha value is -2.55. The van der Waals surface area contributed by atoms with Crippen LogP contribution in [0, 0.1) is 6.92 Å². The molecular weight excluding hydrogens is 262 g/mol. The lowest BCUT2D eigenvalue weighted by atomic mass is 9.95. The number of hydrogen-bond donors (Lipinski definition) is 2. The van der Waals surface area contributed by atoms with Crippen molar-refractivity contribution >= 4 is 10.9 Å². The second-order valence-corrected chi connectivity index (χ2v) is 5.24. The third-order valence-corrected chi connectivity index (χ3v) is 3.76. The van der Waals surface area contributed by atoms with E-state index in [4.69, 9.17) is 0 Å². The number of aryl methyl sites for hydroxylation is 2. The van der Waals surface area contributed by atoms with Gasteiger partial charge >= 0.3 is 0 Å². The fourth-order valence-corrected chi connectivity index (χ4v) is 2.76. The van der Waals surface area contributed by atoms with Gasteiger partial charge in [-0.1, -0.05) is 25.1 Å². The SMILES string of the molecule is CCc1cc(O)ccc1-c1cccc2c(=O)cc(C)[nH]c12. The summed E-state index contributed by atoms with van der Waals surface area (Å²) in [6, 6.07) is 12.7. The quantitative estimate of drug-likeness (QED) is 0.750. The third-order valence-electron chi connectivity index (χ3n) is 3.76. The summed E-state index contributed by atoms with van der Waals surface area (Å²) in [5, 5.41) is 10.3. The van der Waals surface area contributed by atoms with Gasteiger partial charge in [0.25, 0.3) is 0 Å². The lowest BCUT2D eigenvalue weighted by Crippen LogP contribution is -2.04. The first-order valence-electron chi connectivity index (χ1n) is 7.05. The Bertz CT molecular complexity index is 878. The van der Waals surface area contributed by atoms with E-state index in [-0.39, 0.29) is 11.2 Å². The van der Waals surface area contributed by atoms with Crippen LogP contribution in [0.5, 0.6) is 5.75 Å². The molecule has 0 bridgehead atoms. The Balaban J connectivity index is 2.38. The summed E-state index contributed by atoms with van der Waals surface area (Å²) in [6.07, 6.45) is 0.816. The normalized spacial score (nSPS) is 11.0. The summed E-state index contributed by atoms with van der Waals surface area (Å²) >= 11 is 0. The van der Waals surface area contributed by atoms with E-state index >= 15 is 0 Å². The van der Waals surface area contributed by atoms with E-state index in [0.29, 0.717) is 5.39 Å². The van der Waals surface area contributed by atoms with Crippen molar-refractivity contribution in [2.75, 3.05) is 0 Å². The van der Waals surface area contributed by atoms with Crippen LogP contribution < -0.4 is 5.43 Å². The highest BCUT2D eigenvalue weighted by Crippen LogP contribution is 2.31. The zero-order chi connectivity index (χ0) is 15.0. The standard InChI is InChI=1S/C18H17NO2/c1-3-12-10-13(20)7-8-14(12)15-5-4-6-16-17(21)9-11(2)19-18(15)16/h4-10,20H,3H2,1-2H3,(H,19,21). The third kappa shape index (κ3) is 2.31. The monoisotopic (exact) mass is 279 g/mol. The van der Waals surface area contributed by atoms with Crippen molar-refractivity contribution in [3.63, 3.8) is 0 Å². The number of fused-ring (bicyclic) bond motifs is 1. The van der Waals surface area contributed by atoms with Crippen LogP contribution in [-0.2, 0) is 6.42 Å². The van der Waals surface area contributed by atoms with Crippen LogP contribution in [0.3, 0.4) is 0 Å². The highest BCUT2D eigenvalue weighted by molar-refractivity contribution is 5.94. The predicted octanol–water partition coefficient (Wildman–Crippen LogP) is 3.77. The molecule has 21 heavy (non-hydrogen) atoms. The van der Waals surface area contributed by atoms with Crippen LogP contribution in [0.15, 0.2) is 47.3 Å². The van der Waals surface area contributed by atoms with Gasteiger partial charge in [-0.2, -0.15) is 0 Å². The number of phenolic OH excluding ortho intramolecular Hbond substituents is 1. The van der Waals surface area contributed by atoms with Gasteiger partial charge in [0.2, 0.25) is 0 Å². The summed E-state index contributed by atoms with van der Waals surface area (Å²) in [5.74, 6) is 0.264.